The number of hydrogen-bond donors (Lipinski definition) is 1. The van der Waals surface area contributed by atoms with Crippen LogP contribution in [0.2, 0.25) is 0 Å². The molecule has 11 heteroatoms. The maximum absolute atomic E-state index is 13.9. The molecule has 3 rings (SSSR count). The largest absolute Gasteiger partial charge is 0.352 e. The second kappa shape index (κ2) is 12.5. The molecule has 0 aromatic heterocycles. The maximum Gasteiger partial charge on any atom is 0.271 e. The highest BCUT2D eigenvalue weighted by Crippen LogP contribution is 2.27. The summed E-state index contributed by atoms with van der Waals surface area (Å²) >= 11 is 0. The number of amides is 2. The Morgan fingerprint density at radius 1 is 0.949 bits per heavy atom. The summed E-state index contributed by atoms with van der Waals surface area (Å²) in [4.78, 5) is 38.9. The first-order valence-corrected chi connectivity index (χ1v) is 13.8. The van der Waals surface area contributed by atoms with Crippen molar-refractivity contribution in [2.45, 2.75) is 51.2 Å². The highest BCUT2D eigenvalue weighted by Gasteiger charge is 2.33. The van der Waals surface area contributed by atoms with E-state index < -0.39 is 33.4 Å². The molecule has 206 valence electrons. The molecule has 0 heterocycles. The van der Waals surface area contributed by atoms with Crippen LogP contribution in [0, 0.1) is 17.0 Å². The first-order valence-electron chi connectivity index (χ1n) is 12.4. The van der Waals surface area contributed by atoms with Gasteiger partial charge in [0.2, 0.25) is 11.8 Å². The van der Waals surface area contributed by atoms with Gasteiger partial charge >= 0.3 is 0 Å². The van der Waals surface area contributed by atoms with Crippen molar-refractivity contribution in [2.75, 3.05) is 10.8 Å². The summed E-state index contributed by atoms with van der Waals surface area (Å²) in [6.07, 6.45) is 0. The Labute approximate surface area is 228 Å². The standard InChI is InChI=1S/C28H32N4O6S/c1-20(2)29-28(34)22(4)30(18-23-12-9-8-11-21(23)3)27(33)19-31(24-13-10-14-25(17-24)32(35)36)39(37,38)26-15-6-5-7-16-26/h5-17,20,22H,18-19H2,1-4H3,(H,29,34)/t22-/m0/s1. The van der Waals surface area contributed by atoms with Gasteiger partial charge in [-0.1, -0.05) is 48.5 Å². The lowest BCUT2D eigenvalue weighted by atomic mass is 10.1. The van der Waals surface area contributed by atoms with Crippen LogP contribution in [-0.2, 0) is 26.2 Å². The molecule has 0 saturated carbocycles. The SMILES string of the molecule is Cc1ccccc1CN(C(=O)CN(c1cccc([N+](=O)[O-])c1)S(=O)(=O)c1ccccc1)[C@@H](C)C(=O)NC(C)C. The van der Waals surface area contributed by atoms with Gasteiger partial charge in [0.25, 0.3) is 15.7 Å². The zero-order valence-corrected chi connectivity index (χ0v) is 23.1. The van der Waals surface area contributed by atoms with Gasteiger partial charge in [-0.05, 0) is 57.0 Å². The third kappa shape index (κ3) is 7.20. The molecule has 39 heavy (non-hydrogen) atoms. The minimum Gasteiger partial charge on any atom is -0.352 e. The zero-order valence-electron chi connectivity index (χ0n) is 22.3. The monoisotopic (exact) mass is 552 g/mol. The lowest BCUT2D eigenvalue weighted by Gasteiger charge is -2.32. The Balaban J connectivity index is 2.08. The minimum atomic E-state index is -4.31. The summed E-state index contributed by atoms with van der Waals surface area (Å²) in [7, 11) is -4.31. The van der Waals surface area contributed by atoms with E-state index in [2.05, 4.69) is 5.32 Å². The Morgan fingerprint density at radius 3 is 2.21 bits per heavy atom. The number of sulfonamides is 1. The maximum atomic E-state index is 13.9. The van der Waals surface area contributed by atoms with E-state index in [9.17, 15) is 28.1 Å². The van der Waals surface area contributed by atoms with Crippen LogP contribution in [0.5, 0.6) is 0 Å². The molecule has 1 atom stereocenters. The van der Waals surface area contributed by atoms with Crippen molar-refractivity contribution in [3.8, 4) is 0 Å². The molecular formula is C28H32N4O6S. The van der Waals surface area contributed by atoms with Crippen molar-refractivity contribution in [3.05, 3.63) is 100 Å². The summed E-state index contributed by atoms with van der Waals surface area (Å²) in [6.45, 7) is 6.45. The molecule has 1 N–H and O–H groups in total. The number of hydrogen-bond acceptors (Lipinski definition) is 6. The number of carbonyl (C=O) groups excluding carboxylic acids is 2. The molecule has 0 aliphatic carbocycles. The summed E-state index contributed by atoms with van der Waals surface area (Å²) < 4.78 is 28.3. The van der Waals surface area contributed by atoms with E-state index in [4.69, 9.17) is 0 Å². The Morgan fingerprint density at radius 2 is 1.59 bits per heavy atom. The quantitative estimate of drug-likeness (QED) is 0.282. The van der Waals surface area contributed by atoms with Crippen molar-refractivity contribution in [3.63, 3.8) is 0 Å². The summed E-state index contributed by atoms with van der Waals surface area (Å²) in [6, 6.07) is 18.9. The number of anilines is 1. The molecular weight excluding hydrogens is 520 g/mol. The van der Waals surface area contributed by atoms with E-state index in [0.29, 0.717) is 0 Å². The van der Waals surface area contributed by atoms with Crippen LogP contribution in [-0.4, -0.2) is 48.7 Å². The Hall–Kier alpha value is -4.25. The Kier molecular flexibility index (Phi) is 9.42. The fourth-order valence-corrected chi connectivity index (χ4v) is 5.40. The molecule has 10 nitrogen and oxygen atoms in total. The van der Waals surface area contributed by atoms with Crippen LogP contribution in [0.1, 0.15) is 31.9 Å². The van der Waals surface area contributed by atoms with E-state index in [1.54, 1.807) is 39.0 Å². The van der Waals surface area contributed by atoms with Crippen LogP contribution in [0.3, 0.4) is 0 Å². The fourth-order valence-electron chi connectivity index (χ4n) is 3.97. The van der Waals surface area contributed by atoms with Gasteiger partial charge in [0, 0.05) is 24.7 Å². The van der Waals surface area contributed by atoms with Crippen molar-refractivity contribution >= 4 is 33.2 Å². The van der Waals surface area contributed by atoms with Gasteiger partial charge in [-0.15, -0.1) is 0 Å². The van der Waals surface area contributed by atoms with E-state index in [1.807, 2.05) is 31.2 Å². The molecule has 0 unspecified atom stereocenters. The van der Waals surface area contributed by atoms with Crippen molar-refractivity contribution < 1.29 is 22.9 Å². The predicted octanol–water partition coefficient (Wildman–Crippen LogP) is 4.04. The number of nitrogens with zero attached hydrogens (tertiary/aromatic N) is 3. The number of carbonyl (C=O) groups is 2. The smallest absolute Gasteiger partial charge is 0.271 e. The zero-order chi connectivity index (χ0) is 28.7. The number of rotatable bonds is 11. The van der Waals surface area contributed by atoms with E-state index in [0.717, 1.165) is 21.5 Å². The van der Waals surface area contributed by atoms with Gasteiger partial charge < -0.3 is 10.2 Å². The lowest BCUT2D eigenvalue weighted by Crippen LogP contribution is -2.52. The average Bonchev–Trinajstić information content (AvgIpc) is 2.90. The molecule has 2 amide bonds. The van der Waals surface area contributed by atoms with Gasteiger partial charge in [0.05, 0.1) is 15.5 Å². The van der Waals surface area contributed by atoms with Crippen LogP contribution in [0.25, 0.3) is 0 Å². The summed E-state index contributed by atoms with van der Waals surface area (Å²) in [5.41, 5.74) is 1.33. The minimum absolute atomic E-state index is 0.0449. The molecule has 0 spiro atoms. The van der Waals surface area contributed by atoms with Crippen LogP contribution >= 0.6 is 0 Å². The molecule has 0 aliphatic heterocycles. The van der Waals surface area contributed by atoms with Crippen LogP contribution in [0.15, 0.2) is 83.8 Å². The van der Waals surface area contributed by atoms with Crippen molar-refractivity contribution in [1.82, 2.24) is 10.2 Å². The number of aryl methyl sites for hydroxylation is 1. The number of non-ortho nitro benzene ring substituents is 1. The first-order chi connectivity index (χ1) is 18.4. The molecule has 0 radical (unpaired) electrons. The van der Waals surface area contributed by atoms with Crippen LogP contribution < -0.4 is 9.62 Å². The van der Waals surface area contributed by atoms with E-state index in [1.165, 1.54) is 35.2 Å². The molecule has 0 saturated heterocycles. The van der Waals surface area contributed by atoms with Gasteiger partial charge in [0.1, 0.15) is 12.6 Å². The van der Waals surface area contributed by atoms with Crippen molar-refractivity contribution in [1.29, 1.82) is 0 Å². The molecule has 0 aliphatic rings. The van der Waals surface area contributed by atoms with Gasteiger partial charge in [0.15, 0.2) is 0 Å². The third-order valence-electron chi connectivity index (χ3n) is 6.14. The van der Waals surface area contributed by atoms with Crippen molar-refractivity contribution in [2.24, 2.45) is 0 Å². The summed E-state index contributed by atoms with van der Waals surface area (Å²) in [5, 5.41) is 14.2. The first kappa shape index (κ1) is 29.3. The number of benzene rings is 3. The lowest BCUT2D eigenvalue weighted by molar-refractivity contribution is -0.384. The second-order valence-electron chi connectivity index (χ2n) is 9.39. The average molecular weight is 553 g/mol. The van der Waals surface area contributed by atoms with Gasteiger partial charge in [-0.25, -0.2) is 8.42 Å². The molecule has 0 bridgehead atoms. The topological polar surface area (TPSA) is 130 Å². The second-order valence-corrected chi connectivity index (χ2v) is 11.3. The molecule has 0 fully saturated rings. The summed E-state index contributed by atoms with van der Waals surface area (Å²) in [5.74, 6) is -1.03. The predicted molar refractivity (Wildman–Crippen MR) is 149 cm³/mol. The number of nitrogens with one attached hydrogen (secondary N) is 1. The number of nitro groups is 1. The number of nitro benzene ring substituents is 1. The highest BCUT2D eigenvalue weighted by atomic mass is 32.2. The van der Waals surface area contributed by atoms with E-state index in [-0.39, 0.29) is 34.8 Å². The highest BCUT2D eigenvalue weighted by molar-refractivity contribution is 7.92. The normalized spacial score (nSPS) is 12.0. The van der Waals surface area contributed by atoms with Crippen LogP contribution in [0.4, 0.5) is 11.4 Å². The van der Waals surface area contributed by atoms with E-state index >= 15 is 0 Å². The Bertz CT molecular complexity index is 1440. The van der Waals surface area contributed by atoms with Gasteiger partial charge in [-0.2, -0.15) is 0 Å². The fraction of sp³-hybridized carbons (Fsp3) is 0.286. The van der Waals surface area contributed by atoms with Gasteiger partial charge in [-0.3, -0.25) is 24.0 Å². The third-order valence-corrected chi connectivity index (χ3v) is 7.93. The molecule has 3 aromatic carbocycles. The molecule has 3 aromatic rings.